The highest BCUT2D eigenvalue weighted by molar-refractivity contribution is 5.94. The van der Waals surface area contributed by atoms with Crippen molar-refractivity contribution in [3.05, 3.63) is 69.8 Å². The van der Waals surface area contributed by atoms with Crippen LogP contribution in [0.15, 0.2) is 36.4 Å². The number of rotatable bonds is 6. The van der Waals surface area contributed by atoms with Crippen molar-refractivity contribution >= 4 is 21.5 Å². The lowest BCUT2D eigenvalue weighted by atomic mass is 9.89. The van der Waals surface area contributed by atoms with Gasteiger partial charge in [-0.2, -0.15) is 0 Å². The van der Waals surface area contributed by atoms with Crippen LogP contribution in [0.4, 0.5) is 0 Å². The molecule has 0 aromatic heterocycles. The van der Waals surface area contributed by atoms with Crippen molar-refractivity contribution in [2.45, 2.75) is 32.8 Å². The smallest absolute Gasteiger partial charge is 0.125 e. The van der Waals surface area contributed by atoms with Crippen molar-refractivity contribution in [1.29, 1.82) is 0 Å². The molecule has 8 N–H and O–H groups in total. The third-order valence-corrected chi connectivity index (χ3v) is 6.03. The molecule has 4 aromatic carbocycles. The van der Waals surface area contributed by atoms with E-state index >= 15 is 0 Å². The Labute approximate surface area is 188 Å². The molecule has 0 saturated heterocycles. The maximum absolute atomic E-state index is 10.9. The predicted octanol–water partition coefficient (Wildman–Crippen LogP) is 2.38. The van der Waals surface area contributed by atoms with Crippen LogP contribution in [0.5, 0.6) is 23.0 Å². The largest absolute Gasteiger partial charge is 0.508 e. The summed E-state index contributed by atoms with van der Waals surface area (Å²) in [7, 11) is 0. The molecule has 0 bridgehead atoms. The first-order chi connectivity index (χ1) is 15.8. The Morgan fingerprint density at radius 2 is 0.788 bits per heavy atom. The van der Waals surface area contributed by atoms with E-state index in [-0.39, 0.29) is 51.7 Å². The van der Waals surface area contributed by atoms with Gasteiger partial charge in [-0.3, -0.25) is 0 Å². The van der Waals surface area contributed by atoms with Crippen molar-refractivity contribution in [1.82, 2.24) is 0 Å². The third kappa shape index (κ3) is 3.79. The second-order valence-electron chi connectivity index (χ2n) is 7.94. The van der Waals surface area contributed by atoms with Crippen LogP contribution in [-0.4, -0.2) is 40.9 Å². The molecule has 0 amide bonds. The van der Waals surface area contributed by atoms with Crippen LogP contribution in [0.1, 0.15) is 33.4 Å². The fraction of sp³-hybridized carbons (Fsp3) is 0.200. The summed E-state index contributed by atoms with van der Waals surface area (Å²) in [6.45, 7) is -1.73. The Kier molecular flexibility index (Phi) is 6.01. The van der Waals surface area contributed by atoms with E-state index in [0.29, 0.717) is 32.7 Å². The molecular weight excluding hydrogens is 428 g/mol. The highest BCUT2D eigenvalue weighted by atomic mass is 16.3. The van der Waals surface area contributed by atoms with Gasteiger partial charge in [0.05, 0.1) is 26.4 Å². The first-order valence-corrected chi connectivity index (χ1v) is 10.2. The number of aromatic hydroxyl groups is 4. The molecular formula is C25H24O8. The molecule has 8 nitrogen and oxygen atoms in total. The Morgan fingerprint density at radius 1 is 0.455 bits per heavy atom. The van der Waals surface area contributed by atoms with Gasteiger partial charge in [0.15, 0.2) is 0 Å². The Hall–Kier alpha value is -3.56. The Morgan fingerprint density at radius 3 is 1.12 bits per heavy atom. The van der Waals surface area contributed by atoms with Crippen molar-refractivity contribution < 1.29 is 40.9 Å². The minimum absolute atomic E-state index is 0.0673. The lowest BCUT2D eigenvalue weighted by Crippen LogP contribution is -2.00. The van der Waals surface area contributed by atoms with Gasteiger partial charge in [-0.25, -0.2) is 0 Å². The average Bonchev–Trinajstić information content (AvgIpc) is 2.81. The zero-order valence-corrected chi connectivity index (χ0v) is 17.6. The lowest BCUT2D eigenvalue weighted by molar-refractivity contribution is 0.275. The van der Waals surface area contributed by atoms with Crippen LogP contribution in [-0.2, 0) is 32.8 Å². The molecule has 0 atom stereocenters. The van der Waals surface area contributed by atoms with Crippen LogP contribution in [0.3, 0.4) is 0 Å². The van der Waals surface area contributed by atoms with Crippen molar-refractivity contribution in [3.8, 4) is 23.0 Å². The summed E-state index contributed by atoms with van der Waals surface area (Å²) >= 11 is 0. The van der Waals surface area contributed by atoms with Gasteiger partial charge in [-0.1, -0.05) is 0 Å². The maximum atomic E-state index is 10.9. The van der Waals surface area contributed by atoms with Crippen LogP contribution in [0.25, 0.3) is 21.5 Å². The van der Waals surface area contributed by atoms with E-state index in [2.05, 4.69) is 0 Å². The third-order valence-electron chi connectivity index (χ3n) is 6.03. The normalized spacial score (nSPS) is 11.5. The second-order valence-corrected chi connectivity index (χ2v) is 7.94. The van der Waals surface area contributed by atoms with Crippen molar-refractivity contribution in [3.63, 3.8) is 0 Å². The van der Waals surface area contributed by atoms with Crippen LogP contribution in [0.2, 0.25) is 0 Å². The number of phenols is 4. The lowest BCUT2D eigenvalue weighted by Gasteiger charge is -2.18. The van der Waals surface area contributed by atoms with E-state index in [9.17, 15) is 40.9 Å². The summed E-state index contributed by atoms with van der Waals surface area (Å²) in [5.41, 5.74) is 1.60. The minimum Gasteiger partial charge on any atom is -0.508 e. The second kappa shape index (κ2) is 8.76. The standard InChI is InChI=1S/C25H24O8/c26-8-14-1-12-3-16(10-28)24(32)20(18(12)6-22(14)30)5-21-19-7-23(31)15(9-27)2-13(19)4-17(11-29)25(21)33/h1-4,6-7,26-33H,5,8-11H2. The highest BCUT2D eigenvalue weighted by Crippen LogP contribution is 2.41. The molecule has 0 fully saturated rings. The fourth-order valence-corrected chi connectivity index (χ4v) is 4.25. The average molecular weight is 452 g/mol. The van der Waals surface area contributed by atoms with E-state index < -0.39 is 26.4 Å². The molecule has 0 aliphatic rings. The molecule has 0 unspecified atom stereocenters. The molecule has 33 heavy (non-hydrogen) atoms. The van der Waals surface area contributed by atoms with Gasteiger partial charge in [-0.05, 0) is 57.9 Å². The molecule has 4 rings (SSSR count). The Balaban J connectivity index is 2.04. The first kappa shape index (κ1) is 22.6. The van der Waals surface area contributed by atoms with E-state index in [1.807, 2.05) is 0 Å². The zero-order valence-electron chi connectivity index (χ0n) is 17.6. The summed E-state index contributed by atoms with van der Waals surface area (Å²) in [6, 6.07) is 8.99. The molecule has 172 valence electrons. The molecule has 8 heteroatoms. The number of hydrogen-bond donors (Lipinski definition) is 8. The van der Waals surface area contributed by atoms with Crippen LogP contribution in [0, 0.1) is 0 Å². The van der Waals surface area contributed by atoms with Gasteiger partial charge in [0.2, 0.25) is 0 Å². The Bertz CT molecular complexity index is 1260. The molecule has 0 saturated carbocycles. The van der Waals surface area contributed by atoms with E-state index in [4.69, 9.17) is 0 Å². The molecule has 0 aliphatic heterocycles. The van der Waals surface area contributed by atoms with Crippen LogP contribution >= 0.6 is 0 Å². The first-order valence-electron chi connectivity index (χ1n) is 10.2. The SMILES string of the molecule is OCc1cc2cc(CO)c(O)c(Cc3c(O)c(CO)cc4cc(CO)c(O)cc34)c2cc1O. The maximum Gasteiger partial charge on any atom is 0.125 e. The van der Waals surface area contributed by atoms with E-state index in [0.717, 1.165) is 0 Å². The summed E-state index contributed by atoms with van der Waals surface area (Å²) in [5, 5.41) is 82.8. The van der Waals surface area contributed by atoms with Gasteiger partial charge >= 0.3 is 0 Å². The zero-order chi connectivity index (χ0) is 23.9. The van der Waals surface area contributed by atoms with Crippen molar-refractivity contribution in [2.75, 3.05) is 0 Å². The number of aliphatic hydroxyl groups excluding tert-OH is 4. The predicted molar refractivity (Wildman–Crippen MR) is 121 cm³/mol. The molecule has 0 spiro atoms. The van der Waals surface area contributed by atoms with E-state index in [1.165, 1.54) is 12.1 Å². The monoisotopic (exact) mass is 452 g/mol. The minimum atomic E-state index is -0.464. The summed E-state index contributed by atoms with van der Waals surface area (Å²) < 4.78 is 0. The topological polar surface area (TPSA) is 162 Å². The van der Waals surface area contributed by atoms with Gasteiger partial charge in [0, 0.05) is 39.8 Å². The number of fused-ring (bicyclic) bond motifs is 2. The molecule has 0 aliphatic carbocycles. The number of hydrogen-bond acceptors (Lipinski definition) is 8. The van der Waals surface area contributed by atoms with Crippen LogP contribution < -0.4 is 0 Å². The van der Waals surface area contributed by atoms with Gasteiger partial charge in [0.1, 0.15) is 23.0 Å². The molecule has 0 radical (unpaired) electrons. The van der Waals surface area contributed by atoms with Gasteiger partial charge in [-0.15, -0.1) is 0 Å². The highest BCUT2D eigenvalue weighted by Gasteiger charge is 2.20. The summed E-state index contributed by atoms with van der Waals surface area (Å²) in [5.74, 6) is -0.796. The summed E-state index contributed by atoms with van der Waals surface area (Å²) in [6.07, 6.45) is -0.0673. The molecule has 4 aromatic rings. The van der Waals surface area contributed by atoms with E-state index in [1.54, 1.807) is 24.3 Å². The number of benzene rings is 4. The van der Waals surface area contributed by atoms with Crippen molar-refractivity contribution in [2.24, 2.45) is 0 Å². The van der Waals surface area contributed by atoms with Gasteiger partial charge in [0.25, 0.3) is 0 Å². The quantitative estimate of drug-likeness (QED) is 0.221. The molecule has 0 heterocycles. The number of aliphatic hydroxyl groups is 4. The van der Waals surface area contributed by atoms with Gasteiger partial charge < -0.3 is 40.9 Å². The fourth-order valence-electron chi connectivity index (χ4n) is 4.25. The summed E-state index contributed by atoms with van der Waals surface area (Å²) in [4.78, 5) is 0.